The number of H-pyrrole nitrogens is 1. The van der Waals surface area contributed by atoms with Gasteiger partial charge in [0.2, 0.25) is 0 Å². The molecule has 0 saturated carbocycles. The van der Waals surface area contributed by atoms with E-state index in [0.29, 0.717) is 4.57 Å². The van der Waals surface area contributed by atoms with E-state index in [0.717, 1.165) is 13.3 Å². The molecule has 1 fully saturated rings. The van der Waals surface area contributed by atoms with E-state index in [1.54, 1.807) is 0 Å². The zero-order valence-electron chi connectivity index (χ0n) is 12.3. The van der Waals surface area contributed by atoms with Crippen LogP contribution in [0.4, 0.5) is 0 Å². The molecule has 0 radical (unpaired) electrons. The maximum absolute atomic E-state index is 12.0. The Morgan fingerprint density at radius 1 is 1.52 bits per heavy atom. The number of aliphatic hydroxyl groups is 2. The van der Waals surface area contributed by atoms with Crippen LogP contribution < -0.4 is 11.2 Å². The van der Waals surface area contributed by atoms with Crippen molar-refractivity contribution in [3.8, 4) is 0 Å². The molecule has 1 aliphatic rings. The van der Waals surface area contributed by atoms with Crippen LogP contribution >= 0.6 is 7.60 Å². The zero-order chi connectivity index (χ0) is 17.4. The van der Waals surface area contributed by atoms with E-state index in [1.807, 2.05) is 4.98 Å². The van der Waals surface area contributed by atoms with Crippen LogP contribution in [0.15, 0.2) is 15.8 Å². The van der Waals surface area contributed by atoms with E-state index < -0.39 is 49.9 Å². The van der Waals surface area contributed by atoms with Crippen molar-refractivity contribution in [2.24, 2.45) is 0 Å². The zero-order valence-corrected chi connectivity index (χ0v) is 13.2. The lowest BCUT2D eigenvalue weighted by molar-refractivity contribution is -0.300. The van der Waals surface area contributed by atoms with Crippen molar-refractivity contribution < 1.29 is 33.7 Å². The van der Waals surface area contributed by atoms with Gasteiger partial charge < -0.3 is 29.1 Å². The summed E-state index contributed by atoms with van der Waals surface area (Å²) in [5, 5.41) is 19.8. The summed E-state index contributed by atoms with van der Waals surface area (Å²) < 4.78 is 27.0. The van der Waals surface area contributed by atoms with Gasteiger partial charge in [0.15, 0.2) is 12.5 Å². The van der Waals surface area contributed by atoms with Crippen LogP contribution in [0.1, 0.15) is 5.56 Å². The lowest BCUT2D eigenvalue weighted by Gasteiger charge is -2.33. The van der Waals surface area contributed by atoms with Gasteiger partial charge >= 0.3 is 13.3 Å². The molecule has 0 amide bonds. The third kappa shape index (κ3) is 3.31. The Kier molecular flexibility index (Phi) is 4.92. The Bertz CT molecular complexity index is 744. The fourth-order valence-electron chi connectivity index (χ4n) is 2.06. The molecule has 1 unspecified atom stereocenters. The molecular formula is C11H17N2O9P. The molecule has 11 nitrogen and oxygen atoms in total. The number of aromatic amines is 1. The number of aromatic nitrogens is 2. The first-order valence-electron chi connectivity index (χ1n) is 6.47. The first-order chi connectivity index (χ1) is 10.6. The Morgan fingerprint density at radius 3 is 2.70 bits per heavy atom. The molecule has 0 bridgehead atoms. The van der Waals surface area contributed by atoms with Crippen molar-refractivity contribution in [2.75, 3.05) is 20.1 Å². The number of hydrogen-bond acceptors (Lipinski definition) is 8. The van der Waals surface area contributed by atoms with Gasteiger partial charge in [-0.15, -0.1) is 0 Å². The average Bonchev–Trinajstić information content (AvgIpc) is 2.78. The van der Waals surface area contributed by atoms with Gasteiger partial charge in [0, 0.05) is 18.9 Å². The number of ether oxygens (including phenoxy) is 2. The Balaban J connectivity index is 2.52. The second-order valence-electron chi connectivity index (χ2n) is 4.99. The van der Waals surface area contributed by atoms with Crippen LogP contribution in [-0.2, 0) is 24.5 Å². The molecule has 130 valence electrons. The Labute approximate surface area is 129 Å². The molecule has 0 spiro atoms. The number of aliphatic hydroxyl groups excluding tert-OH is 2. The Hall–Kier alpha value is -1.33. The molecule has 1 aliphatic heterocycles. The SMILES string of the molecule is COP(=O)(O)CO[C@@]1(n2cc(C)c(=O)[nH]c2=O)OC[C@@H](O)[C@H]1O. The van der Waals surface area contributed by atoms with Gasteiger partial charge in [0.05, 0.1) is 6.61 Å². The number of aryl methyl sites for hydroxylation is 1. The van der Waals surface area contributed by atoms with E-state index in [1.165, 1.54) is 6.92 Å². The van der Waals surface area contributed by atoms with Crippen LogP contribution in [0, 0.1) is 6.92 Å². The highest BCUT2D eigenvalue weighted by atomic mass is 31.2. The van der Waals surface area contributed by atoms with Crippen LogP contribution in [0.5, 0.6) is 0 Å². The summed E-state index contributed by atoms with van der Waals surface area (Å²) in [4.78, 5) is 34.9. The molecule has 0 aliphatic carbocycles. The first-order valence-corrected chi connectivity index (χ1v) is 8.24. The second kappa shape index (κ2) is 6.29. The normalized spacial score (nSPS) is 30.3. The van der Waals surface area contributed by atoms with Gasteiger partial charge in [-0.25, -0.2) is 9.36 Å². The lowest BCUT2D eigenvalue weighted by atomic mass is 10.2. The van der Waals surface area contributed by atoms with Crippen LogP contribution in [0.25, 0.3) is 0 Å². The standard InChI is InChI=1S/C11H17N2O9P/c1-6-3-13(10(17)12-9(6)16)11(8(15)7(14)4-21-11)22-5-23(18,19)20-2/h3,7-8,14-15H,4-5H2,1-2H3,(H,18,19)(H,12,16,17)/t7-,8-,11+/m1/s1. The smallest absolute Gasteiger partial charge is 0.353 e. The summed E-state index contributed by atoms with van der Waals surface area (Å²) in [7, 11) is -3.17. The van der Waals surface area contributed by atoms with E-state index in [2.05, 4.69) is 4.52 Å². The van der Waals surface area contributed by atoms with Crippen molar-refractivity contribution in [1.82, 2.24) is 9.55 Å². The van der Waals surface area contributed by atoms with Crippen molar-refractivity contribution in [2.45, 2.75) is 25.0 Å². The minimum Gasteiger partial charge on any atom is -0.388 e. The van der Waals surface area contributed by atoms with E-state index in [9.17, 15) is 29.3 Å². The fraction of sp³-hybridized carbons (Fsp3) is 0.636. The summed E-state index contributed by atoms with van der Waals surface area (Å²) in [6, 6.07) is 0. The van der Waals surface area contributed by atoms with E-state index in [-0.39, 0.29) is 5.56 Å². The number of rotatable bonds is 5. The molecule has 23 heavy (non-hydrogen) atoms. The van der Waals surface area contributed by atoms with E-state index >= 15 is 0 Å². The van der Waals surface area contributed by atoms with Crippen molar-refractivity contribution >= 4 is 7.60 Å². The van der Waals surface area contributed by atoms with E-state index in [4.69, 9.17) is 9.47 Å². The van der Waals surface area contributed by atoms with Gasteiger partial charge in [-0.3, -0.25) is 14.3 Å². The predicted molar refractivity (Wildman–Crippen MR) is 74.8 cm³/mol. The predicted octanol–water partition coefficient (Wildman–Crippen LogP) is -1.99. The number of nitrogens with zero attached hydrogens (tertiary/aromatic N) is 1. The molecule has 1 aromatic heterocycles. The van der Waals surface area contributed by atoms with Gasteiger partial charge in [-0.1, -0.05) is 0 Å². The maximum Gasteiger partial charge on any atom is 0.353 e. The molecule has 2 heterocycles. The molecule has 12 heteroatoms. The third-order valence-corrected chi connectivity index (χ3v) is 4.40. The minimum atomic E-state index is -4.15. The number of hydrogen-bond donors (Lipinski definition) is 4. The molecule has 1 saturated heterocycles. The largest absolute Gasteiger partial charge is 0.388 e. The van der Waals surface area contributed by atoms with Gasteiger partial charge in [0.25, 0.3) is 11.5 Å². The highest BCUT2D eigenvalue weighted by molar-refractivity contribution is 7.52. The third-order valence-electron chi connectivity index (χ3n) is 3.37. The van der Waals surface area contributed by atoms with Crippen LogP contribution in [0.3, 0.4) is 0 Å². The summed E-state index contributed by atoms with van der Waals surface area (Å²) >= 11 is 0. The minimum absolute atomic E-state index is 0.101. The molecule has 2 rings (SSSR count). The second-order valence-corrected chi connectivity index (χ2v) is 6.89. The summed E-state index contributed by atoms with van der Waals surface area (Å²) in [6.45, 7) is 1.00. The van der Waals surface area contributed by atoms with Crippen molar-refractivity contribution in [3.05, 3.63) is 32.6 Å². The highest BCUT2D eigenvalue weighted by Gasteiger charge is 2.54. The molecule has 0 aromatic carbocycles. The maximum atomic E-state index is 12.0. The highest BCUT2D eigenvalue weighted by Crippen LogP contribution is 2.44. The average molecular weight is 352 g/mol. The van der Waals surface area contributed by atoms with Crippen LogP contribution in [-0.4, -0.2) is 56.9 Å². The molecule has 1 aromatic rings. The lowest BCUT2D eigenvalue weighted by Crippen LogP contribution is -2.53. The van der Waals surface area contributed by atoms with Crippen molar-refractivity contribution in [1.29, 1.82) is 0 Å². The Morgan fingerprint density at radius 2 is 2.17 bits per heavy atom. The number of nitrogens with one attached hydrogen (secondary N) is 1. The summed E-state index contributed by atoms with van der Waals surface area (Å²) in [6.07, 6.45) is -3.02. The van der Waals surface area contributed by atoms with Gasteiger partial charge in [-0.2, -0.15) is 0 Å². The molecular weight excluding hydrogens is 335 g/mol. The first kappa shape index (κ1) is 18.0. The summed E-state index contributed by atoms with van der Waals surface area (Å²) in [5.41, 5.74) is -1.54. The topological polar surface area (TPSA) is 160 Å². The van der Waals surface area contributed by atoms with Gasteiger partial charge in [0.1, 0.15) is 6.10 Å². The van der Waals surface area contributed by atoms with Gasteiger partial charge in [-0.05, 0) is 6.92 Å². The quantitative estimate of drug-likeness (QED) is 0.440. The van der Waals surface area contributed by atoms with Crippen molar-refractivity contribution in [3.63, 3.8) is 0 Å². The monoisotopic (exact) mass is 352 g/mol. The van der Waals surface area contributed by atoms with Crippen LogP contribution in [0.2, 0.25) is 0 Å². The summed E-state index contributed by atoms with van der Waals surface area (Å²) in [5.74, 6) is -2.28. The molecule has 4 atom stereocenters. The fourth-order valence-corrected chi connectivity index (χ4v) is 2.51. The molecule has 4 N–H and O–H groups in total.